The second-order valence-electron chi connectivity index (χ2n) is 6.43. The number of hydrogen-bond donors (Lipinski definition) is 1. The Morgan fingerprint density at radius 3 is 2.48 bits per heavy atom. The van der Waals surface area contributed by atoms with Crippen molar-refractivity contribution in [1.82, 2.24) is 9.97 Å². The van der Waals surface area contributed by atoms with E-state index in [0.717, 1.165) is 54.5 Å². The molecule has 1 aliphatic heterocycles. The van der Waals surface area contributed by atoms with Crippen LogP contribution in [0.25, 0.3) is 10.9 Å². The topological polar surface area (TPSA) is 53.5 Å². The fourth-order valence-electron chi connectivity index (χ4n) is 3.41. The quantitative estimate of drug-likeness (QED) is 0.765. The minimum absolute atomic E-state index is 0.270. The van der Waals surface area contributed by atoms with Gasteiger partial charge in [0.2, 0.25) is 5.95 Å². The number of anilines is 3. The zero-order chi connectivity index (χ0) is 18.8. The highest BCUT2D eigenvalue weighted by atomic mass is 19.1. The first-order chi connectivity index (χ1) is 13.2. The smallest absolute Gasteiger partial charge is 0.228 e. The number of benzene rings is 2. The average molecular weight is 367 g/mol. The summed E-state index contributed by atoms with van der Waals surface area (Å²) in [5.74, 6) is 1.49. The molecule has 1 aliphatic rings. The van der Waals surface area contributed by atoms with Gasteiger partial charge in [-0.1, -0.05) is 12.1 Å². The Labute approximate surface area is 157 Å². The Bertz CT molecular complexity index is 956. The molecule has 4 rings (SSSR count). The molecule has 1 fully saturated rings. The van der Waals surface area contributed by atoms with E-state index < -0.39 is 0 Å². The maximum atomic E-state index is 13.6. The third-order valence-electron chi connectivity index (χ3n) is 4.89. The monoisotopic (exact) mass is 367 g/mol. The van der Waals surface area contributed by atoms with Gasteiger partial charge in [-0.25, -0.2) is 9.37 Å². The van der Waals surface area contributed by atoms with Crippen LogP contribution < -0.4 is 19.9 Å². The summed E-state index contributed by atoms with van der Waals surface area (Å²) in [6.45, 7) is 3.20. The van der Waals surface area contributed by atoms with Gasteiger partial charge in [0.05, 0.1) is 12.6 Å². The molecule has 3 aromatic rings. The van der Waals surface area contributed by atoms with Crippen LogP contribution in [0.1, 0.15) is 0 Å². The molecular weight excluding hydrogens is 345 g/mol. The molecule has 0 bridgehead atoms. The maximum absolute atomic E-state index is 13.6. The van der Waals surface area contributed by atoms with Crippen LogP contribution in [0.3, 0.4) is 0 Å². The Hall–Kier alpha value is -3.09. The SMILES string of the molecule is CNc1nc(N2CCN(c3ccc(F)c(OC)c3)CC2)nc2ccccc12. The maximum Gasteiger partial charge on any atom is 0.228 e. The highest BCUT2D eigenvalue weighted by Gasteiger charge is 2.21. The van der Waals surface area contributed by atoms with E-state index >= 15 is 0 Å². The molecule has 0 radical (unpaired) electrons. The lowest BCUT2D eigenvalue weighted by atomic mass is 10.2. The van der Waals surface area contributed by atoms with E-state index in [1.165, 1.54) is 13.2 Å². The number of hydrogen-bond acceptors (Lipinski definition) is 6. The molecule has 0 atom stereocenters. The Balaban J connectivity index is 1.53. The molecular formula is C20H22FN5O. The van der Waals surface area contributed by atoms with Gasteiger partial charge in [0.1, 0.15) is 5.82 Å². The van der Waals surface area contributed by atoms with Gasteiger partial charge in [-0.2, -0.15) is 4.98 Å². The lowest BCUT2D eigenvalue weighted by Gasteiger charge is -2.36. The second-order valence-corrected chi connectivity index (χ2v) is 6.43. The number of para-hydroxylation sites is 1. The molecule has 2 heterocycles. The van der Waals surface area contributed by atoms with Crippen molar-refractivity contribution in [3.8, 4) is 5.75 Å². The first-order valence-electron chi connectivity index (χ1n) is 8.97. The van der Waals surface area contributed by atoms with Crippen molar-refractivity contribution in [3.63, 3.8) is 0 Å². The van der Waals surface area contributed by atoms with E-state index in [2.05, 4.69) is 15.1 Å². The van der Waals surface area contributed by atoms with E-state index in [0.29, 0.717) is 0 Å². The van der Waals surface area contributed by atoms with Crippen molar-refractivity contribution in [2.45, 2.75) is 0 Å². The summed E-state index contributed by atoms with van der Waals surface area (Å²) in [5, 5.41) is 4.18. The lowest BCUT2D eigenvalue weighted by Crippen LogP contribution is -2.47. The van der Waals surface area contributed by atoms with Crippen LogP contribution in [0.4, 0.5) is 21.8 Å². The standard InChI is InChI=1S/C20H22FN5O/c1-22-19-15-5-3-4-6-17(15)23-20(24-19)26-11-9-25(10-12-26)14-7-8-16(21)18(13-14)27-2/h3-8,13H,9-12H2,1-2H3,(H,22,23,24). The van der Waals surface area contributed by atoms with Gasteiger partial charge in [-0.15, -0.1) is 0 Å². The van der Waals surface area contributed by atoms with Gasteiger partial charge in [0.25, 0.3) is 0 Å². The molecule has 1 saturated heterocycles. The minimum Gasteiger partial charge on any atom is -0.494 e. The molecule has 2 aromatic carbocycles. The van der Waals surface area contributed by atoms with Crippen LogP contribution in [0.15, 0.2) is 42.5 Å². The predicted molar refractivity (Wildman–Crippen MR) is 106 cm³/mol. The molecule has 0 spiro atoms. The molecule has 1 aromatic heterocycles. The number of nitrogens with one attached hydrogen (secondary N) is 1. The first kappa shape index (κ1) is 17.3. The van der Waals surface area contributed by atoms with Gasteiger partial charge in [-0.05, 0) is 24.3 Å². The minimum atomic E-state index is -0.343. The number of halogens is 1. The van der Waals surface area contributed by atoms with E-state index in [9.17, 15) is 4.39 Å². The molecule has 7 heteroatoms. The number of aromatic nitrogens is 2. The molecule has 0 amide bonds. The van der Waals surface area contributed by atoms with E-state index in [4.69, 9.17) is 14.7 Å². The van der Waals surface area contributed by atoms with Gasteiger partial charge in [-0.3, -0.25) is 0 Å². The van der Waals surface area contributed by atoms with Crippen molar-refractivity contribution in [2.75, 3.05) is 55.5 Å². The normalized spacial score (nSPS) is 14.5. The Morgan fingerprint density at radius 2 is 1.74 bits per heavy atom. The molecule has 1 N–H and O–H groups in total. The highest BCUT2D eigenvalue weighted by molar-refractivity contribution is 5.90. The van der Waals surface area contributed by atoms with Crippen molar-refractivity contribution in [3.05, 3.63) is 48.3 Å². The zero-order valence-corrected chi connectivity index (χ0v) is 15.4. The van der Waals surface area contributed by atoms with Crippen LogP contribution in [-0.4, -0.2) is 50.3 Å². The van der Waals surface area contributed by atoms with Gasteiger partial charge in [0, 0.05) is 50.4 Å². The van der Waals surface area contributed by atoms with Gasteiger partial charge in [0.15, 0.2) is 11.6 Å². The summed E-state index contributed by atoms with van der Waals surface area (Å²) in [4.78, 5) is 13.8. The zero-order valence-electron chi connectivity index (χ0n) is 15.4. The second kappa shape index (κ2) is 7.26. The van der Waals surface area contributed by atoms with Crippen LogP contribution >= 0.6 is 0 Å². The summed E-state index contributed by atoms with van der Waals surface area (Å²) < 4.78 is 18.7. The molecule has 27 heavy (non-hydrogen) atoms. The lowest BCUT2D eigenvalue weighted by molar-refractivity contribution is 0.386. The summed E-state index contributed by atoms with van der Waals surface area (Å²) in [6.07, 6.45) is 0. The predicted octanol–water partition coefficient (Wildman–Crippen LogP) is 3.15. The van der Waals surface area contributed by atoms with E-state index in [1.807, 2.05) is 31.3 Å². The average Bonchev–Trinajstić information content (AvgIpc) is 2.73. The molecule has 6 nitrogen and oxygen atoms in total. The third kappa shape index (κ3) is 3.32. The fraction of sp³-hybridized carbons (Fsp3) is 0.300. The molecule has 0 unspecified atom stereocenters. The van der Waals surface area contributed by atoms with Crippen LogP contribution in [0.2, 0.25) is 0 Å². The molecule has 0 saturated carbocycles. The largest absolute Gasteiger partial charge is 0.494 e. The Kier molecular flexibility index (Phi) is 4.66. The van der Waals surface area contributed by atoms with Gasteiger partial charge >= 0.3 is 0 Å². The van der Waals surface area contributed by atoms with Crippen molar-refractivity contribution < 1.29 is 9.13 Å². The van der Waals surface area contributed by atoms with Gasteiger partial charge < -0.3 is 19.9 Å². The third-order valence-corrected chi connectivity index (χ3v) is 4.89. The first-order valence-corrected chi connectivity index (χ1v) is 8.97. The highest BCUT2D eigenvalue weighted by Crippen LogP contribution is 2.27. The van der Waals surface area contributed by atoms with Crippen LogP contribution in [0, 0.1) is 5.82 Å². The summed E-state index contributed by atoms with van der Waals surface area (Å²) in [5.41, 5.74) is 1.89. The van der Waals surface area contributed by atoms with Crippen molar-refractivity contribution in [2.24, 2.45) is 0 Å². The number of piperazine rings is 1. The molecule has 140 valence electrons. The van der Waals surface area contributed by atoms with Crippen molar-refractivity contribution in [1.29, 1.82) is 0 Å². The fourth-order valence-corrected chi connectivity index (χ4v) is 3.41. The number of methoxy groups -OCH3 is 1. The summed E-state index contributed by atoms with van der Waals surface area (Å²) >= 11 is 0. The number of ether oxygens (including phenoxy) is 1. The number of rotatable bonds is 4. The van der Waals surface area contributed by atoms with E-state index in [1.54, 1.807) is 12.1 Å². The summed E-state index contributed by atoms with van der Waals surface area (Å²) in [7, 11) is 3.36. The summed E-state index contributed by atoms with van der Waals surface area (Å²) in [6, 6.07) is 13.0. The van der Waals surface area contributed by atoms with E-state index in [-0.39, 0.29) is 11.6 Å². The molecule has 0 aliphatic carbocycles. The van der Waals surface area contributed by atoms with Crippen LogP contribution in [-0.2, 0) is 0 Å². The van der Waals surface area contributed by atoms with Crippen LogP contribution in [0.5, 0.6) is 5.75 Å². The Morgan fingerprint density at radius 1 is 1.00 bits per heavy atom. The number of nitrogens with zero attached hydrogens (tertiary/aromatic N) is 4. The number of fused-ring (bicyclic) bond motifs is 1. The van der Waals surface area contributed by atoms with Crippen molar-refractivity contribution >= 4 is 28.4 Å².